The molecule has 1 aliphatic carbocycles. The van der Waals surface area contributed by atoms with Crippen molar-refractivity contribution in [1.82, 2.24) is 0 Å². The van der Waals surface area contributed by atoms with Crippen LogP contribution in [0.2, 0.25) is 0 Å². The molecule has 0 aliphatic heterocycles. The fourth-order valence-electron chi connectivity index (χ4n) is 1.98. The first-order chi connectivity index (χ1) is 7.42. The van der Waals surface area contributed by atoms with Gasteiger partial charge in [0, 0.05) is 6.61 Å². The predicted octanol–water partition coefficient (Wildman–Crippen LogP) is 3.08. The number of hydrogen-bond donors (Lipinski definition) is 1. The summed E-state index contributed by atoms with van der Waals surface area (Å²) in [6.07, 6.45) is 5.71. The number of rotatable bonds is 5. The number of carboxylic acid groups (broad SMARTS) is 1. The van der Waals surface area contributed by atoms with E-state index in [0.29, 0.717) is 19.1 Å². The molecule has 0 atom stereocenters. The van der Waals surface area contributed by atoms with Crippen LogP contribution >= 0.6 is 0 Å². The number of ether oxygens (including phenoxy) is 1. The molecule has 0 amide bonds. The highest BCUT2D eigenvalue weighted by molar-refractivity contribution is 5.73. The highest BCUT2D eigenvalue weighted by Crippen LogP contribution is 2.27. The average Bonchev–Trinajstić information content (AvgIpc) is 2.20. The lowest BCUT2D eigenvalue weighted by atomic mass is 9.88. The van der Waals surface area contributed by atoms with Gasteiger partial charge in [0.15, 0.2) is 0 Å². The fraction of sp³-hybridized carbons (Fsp3) is 0.923. The molecule has 0 unspecified atom stereocenters. The first-order valence-corrected chi connectivity index (χ1v) is 6.27. The Kier molecular flexibility index (Phi) is 4.78. The summed E-state index contributed by atoms with van der Waals surface area (Å²) >= 11 is 0. The van der Waals surface area contributed by atoms with E-state index >= 15 is 0 Å². The summed E-state index contributed by atoms with van der Waals surface area (Å²) in [6, 6.07) is 0. The van der Waals surface area contributed by atoms with Crippen molar-refractivity contribution < 1.29 is 14.6 Å². The second-order valence-electron chi connectivity index (χ2n) is 5.69. The first kappa shape index (κ1) is 13.5. The van der Waals surface area contributed by atoms with Gasteiger partial charge in [0.05, 0.1) is 11.5 Å². The van der Waals surface area contributed by atoms with Crippen molar-refractivity contribution in [3.8, 4) is 0 Å². The van der Waals surface area contributed by atoms with E-state index < -0.39 is 11.4 Å². The van der Waals surface area contributed by atoms with Crippen LogP contribution in [0, 0.1) is 11.3 Å². The number of aliphatic carboxylic acids is 1. The average molecular weight is 228 g/mol. The van der Waals surface area contributed by atoms with Crippen molar-refractivity contribution in [2.24, 2.45) is 11.3 Å². The molecule has 1 fully saturated rings. The smallest absolute Gasteiger partial charge is 0.309 e. The van der Waals surface area contributed by atoms with Gasteiger partial charge in [-0.3, -0.25) is 4.79 Å². The first-order valence-electron chi connectivity index (χ1n) is 6.27. The van der Waals surface area contributed by atoms with E-state index in [1.807, 2.05) is 0 Å². The van der Waals surface area contributed by atoms with Crippen LogP contribution in [0.15, 0.2) is 0 Å². The molecule has 0 bridgehead atoms. The van der Waals surface area contributed by atoms with Crippen molar-refractivity contribution in [2.75, 3.05) is 6.61 Å². The van der Waals surface area contributed by atoms with Crippen LogP contribution < -0.4 is 0 Å². The second kappa shape index (κ2) is 5.67. The Bertz CT molecular complexity index is 227. The highest BCUT2D eigenvalue weighted by atomic mass is 16.5. The third kappa shape index (κ3) is 4.12. The second-order valence-corrected chi connectivity index (χ2v) is 5.69. The molecule has 0 saturated heterocycles. The van der Waals surface area contributed by atoms with E-state index in [1.165, 1.54) is 12.8 Å². The van der Waals surface area contributed by atoms with Gasteiger partial charge < -0.3 is 9.84 Å². The van der Waals surface area contributed by atoms with E-state index in [1.54, 1.807) is 13.8 Å². The molecule has 1 rings (SSSR count). The molecule has 0 aromatic rings. The van der Waals surface area contributed by atoms with Crippen LogP contribution in [0.1, 0.15) is 52.9 Å². The van der Waals surface area contributed by atoms with Crippen LogP contribution in [0.4, 0.5) is 0 Å². The Labute approximate surface area is 98.2 Å². The molecule has 1 saturated carbocycles. The third-order valence-electron chi connectivity index (χ3n) is 3.62. The number of hydrogen-bond acceptors (Lipinski definition) is 2. The molecule has 1 N–H and O–H groups in total. The maximum absolute atomic E-state index is 10.9. The molecule has 0 radical (unpaired) electrons. The van der Waals surface area contributed by atoms with Crippen molar-refractivity contribution in [3.05, 3.63) is 0 Å². The number of carboxylic acids is 1. The highest BCUT2D eigenvalue weighted by Gasteiger charge is 2.27. The van der Waals surface area contributed by atoms with Crippen LogP contribution in [0.25, 0.3) is 0 Å². The predicted molar refractivity (Wildman–Crippen MR) is 63.4 cm³/mol. The molecule has 0 heterocycles. The molecular formula is C13H24O3. The molecule has 94 valence electrons. The number of carbonyl (C=O) groups is 1. The normalized spacial score (nSPS) is 26.7. The van der Waals surface area contributed by atoms with Gasteiger partial charge in [-0.15, -0.1) is 0 Å². The zero-order valence-corrected chi connectivity index (χ0v) is 10.7. The summed E-state index contributed by atoms with van der Waals surface area (Å²) < 4.78 is 5.75. The van der Waals surface area contributed by atoms with E-state index in [4.69, 9.17) is 9.84 Å². The van der Waals surface area contributed by atoms with E-state index in [9.17, 15) is 4.79 Å². The van der Waals surface area contributed by atoms with Gasteiger partial charge in [0.1, 0.15) is 0 Å². The Morgan fingerprint density at radius 3 is 2.38 bits per heavy atom. The van der Waals surface area contributed by atoms with E-state index in [0.717, 1.165) is 18.8 Å². The fourth-order valence-corrected chi connectivity index (χ4v) is 1.98. The Morgan fingerprint density at radius 2 is 1.88 bits per heavy atom. The maximum atomic E-state index is 10.9. The lowest BCUT2D eigenvalue weighted by molar-refractivity contribution is -0.148. The largest absolute Gasteiger partial charge is 0.481 e. The van der Waals surface area contributed by atoms with Crippen LogP contribution in [-0.2, 0) is 9.53 Å². The standard InChI is InChI=1S/C13H24O3/c1-10-4-6-11(7-5-10)16-9-8-13(2,3)12(14)15/h10-11H,4-9H2,1-3H3,(H,14,15). The van der Waals surface area contributed by atoms with Crippen molar-refractivity contribution >= 4 is 5.97 Å². The van der Waals surface area contributed by atoms with Crippen LogP contribution in [0.5, 0.6) is 0 Å². The summed E-state index contributed by atoms with van der Waals surface area (Å²) in [7, 11) is 0. The SMILES string of the molecule is CC1CCC(OCCC(C)(C)C(=O)O)CC1. The minimum Gasteiger partial charge on any atom is -0.481 e. The Balaban J connectivity index is 2.18. The molecule has 3 nitrogen and oxygen atoms in total. The monoisotopic (exact) mass is 228 g/mol. The van der Waals surface area contributed by atoms with Crippen LogP contribution in [-0.4, -0.2) is 23.8 Å². The molecule has 0 aromatic carbocycles. The molecule has 1 aliphatic rings. The minimum absolute atomic E-state index is 0.362. The zero-order chi connectivity index (χ0) is 12.2. The van der Waals surface area contributed by atoms with Gasteiger partial charge in [0.2, 0.25) is 0 Å². The van der Waals surface area contributed by atoms with Gasteiger partial charge in [-0.1, -0.05) is 6.92 Å². The van der Waals surface area contributed by atoms with Gasteiger partial charge >= 0.3 is 5.97 Å². The molecule has 16 heavy (non-hydrogen) atoms. The zero-order valence-electron chi connectivity index (χ0n) is 10.7. The Morgan fingerprint density at radius 1 is 1.31 bits per heavy atom. The summed E-state index contributed by atoms with van der Waals surface area (Å²) in [4.78, 5) is 10.9. The van der Waals surface area contributed by atoms with Gasteiger partial charge in [0.25, 0.3) is 0 Å². The van der Waals surface area contributed by atoms with Crippen LogP contribution in [0.3, 0.4) is 0 Å². The molecule has 3 heteroatoms. The van der Waals surface area contributed by atoms with Crippen molar-refractivity contribution in [1.29, 1.82) is 0 Å². The van der Waals surface area contributed by atoms with Gasteiger partial charge in [-0.2, -0.15) is 0 Å². The minimum atomic E-state index is -0.742. The van der Waals surface area contributed by atoms with Gasteiger partial charge in [-0.25, -0.2) is 0 Å². The molecule has 0 spiro atoms. The van der Waals surface area contributed by atoms with Crippen molar-refractivity contribution in [2.45, 2.75) is 59.0 Å². The maximum Gasteiger partial charge on any atom is 0.309 e. The van der Waals surface area contributed by atoms with E-state index in [-0.39, 0.29) is 0 Å². The van der Waals surface area contributed by atoms with Gasteiger partial charge in [-0.05, 0) is 51.9 Å². The summed E-state index contributed by atoms with van der Waals surface area (Å²) in [6.45, 7) is 6.35. The van der Waals surface area contributed by atoms with E-state index in [2.05, 4.69) is 6.92 Å². The summed E-state index contributed by atoms with van der Waals surface area (Å²) in [5.74, 6) is 0.0867. The summed E-state index contributed by atoms with van der Waals surface area (Å²) in [5.41, 5.74) is -0.665. The van der Waals surface area contributed by atoms with Crippen molar-refractivity contribution in [3.63, 3.8) is 0 Å². The Hall–Kier alpha value is -0.570. The molecular weight excluding hydrogens is 204 g/mol. The lowest BCUT2D eigenvalue weighted by Crippen LogP contribution is -2.27. The summed E-state index contributed by atoms with van der Waals surface area (Å²) in [5, 5.41) is 8.96. The topological polar surface area (TPSA) is 46.5 Å². The third-order valence-corrected chi connectivity index (χ3v) is 3.62. The quantitative estimate of drug-likeness (QED) is 0.786. The molecule has 0 aromatic heterocycles. The lowest BCUT2D eigenvalue weighted by Gasteiger charge is -2.27.